The van der Waals surface area contributed by atoms with Crippen molar-refractivity contribution in [3.63, 3.8) is 0 Å². The van der Waals surface area contributed by atoms with Gasteiger partial charge < -0.3 is 24.1 Å². The van der Waals surface area contributed by atoms with E-state index in [1.165, 1.54) is 0 Å². The van der Waals surface area contributed by atoms with Crippen molar-refractivity contribution in [2.45, 2.75) is 51.4 Å². The van der Waals surface area contributed by atoms with Gasteiger partial charge in [0.25, 0.3) is 0 Å². The number of carbonyl (C=O) groups excluding carboxylic acids is 5. The molecule has 0 spiro atoms. The molecule has 11 heteroatoms. The number of benzene rings is 2. The van der Waals surface area contributed by atoms with Crippen LogP contribution in [0.1, 0.15) is 43.9 Å². The molecule has 1 heterocycles. The van der Waals surface area contributed by atoms with Gasteiger partial charge in [-0.2, -0.15) is 0 Å². The van der Waals surface area contributed by atoms with Gasteiger partial charge in [0.15, 0.2) is 17.7 Å². The van der Waals surface area contributed by atoms with Gasteiger partial charge in [-0.3, -0.25) is 19.2 Å². The van der Waals surface area contributed by atoms with Crippen LogP contribution < -0.4 is 0 Å². The minimum Gasteiger partial charge on any atom is -0.453 e. The first-order chi connectivity index (χ1) is 21.2. The maximum atomic E-state index is 14.1. The standard InChI is InChI=1S/C33H39NO10/c1-23-30(26-12-7-4-8-13-26)44-33(40)34(23)32(39)28(22-25-10-5-3-6-11-25)31(43-24(2)36)29(38)16-15-27(37)14-9-18-41-20-21-42-19-17-35/h3-8,10-13,15-16,23,28,30-31,35H,9,14,17-22H2,1-2H3/t23-,28-,30-,31-/m0/s1. The van der Waals surface area contributed by atoms with Crippen LogP contribution in [0.5, 0.6) is 0 Å². The average molecular weight is 610 g/mol. The van der Waals surface area contributed by atoms with Crippen molar-refractivity contribution >= 4 is 29.5 Å². The van der Waals surface area contributed by atoms with Gasteiger partial charge in [-0.15, -0.1) is 0 Å². The van der Waals surface area contributed by atoms with Crippen LogP contribution >= 0.6 is 0 Å². The number of ether oxygens (including phenoxy) is 4. The highest BCUT2D eigenvalue weighted by molar-refractivity contribution is 6.04. The summed E-state index contributed by atoms with van der Waals surface area (Å²) in [5.74, 6) is -3.93. The van der Waals surface area contributed by atoms with Crippen LogP contribution in [-0.4, -0.2) is 84.7 Å². The molecule has 0 bridgehead atoms. The van der Waals surface area contributed by atoms with Gasteiger partial charge in [-0.25, -0.2) is 9.69 Å². The van der Waals surface area contributed by atoms with Crippen molar-refractivity contribution in [3.05, 3.63) is 83.9 Å². The Morgan fingerprint density at radius 1 is 0.932 bits per heavy atom. The van der Waals surface area contributed by atoms with E-state index in [2.05, 4.69) is 0 Å². The monoisotopic (exact) mass is 609 g/mol. The van der Waals surface area contributed by atoms with Crippen molar-refractivity contribution in [2.75, 3.05) is 33.0 Å². The molecule has 236 valence electrons. The minimum atomic E-state index is -1.60. The number of allylic oxidation sites excluding steroid dienone is 1. The first-order valence-electron chi connectivity index (χ1n) is 14.5. The highest BCUT2D eigenvalue weighted by atomic mass is 16.6. The third kappa shape index (κ3) is 10.2. The van der Waals surface area contributed by atoms with Crippen LogP contribution in [0.15, 0.2) is 72.8 Å². The predicted molar refractivity (Wildman–Crippen MR) is 158 cm³/mol. The van der Waals surface area contributed by atoms with E-state index >= 15 is 0 Å². The van der Waals surface area contributed by atoms with Crippen LogP contribution in [0.4, 0.5) is 4.79 Å². The summed E-state index contributed by atoms with van der Waals surface area (Å²) in [5, 5.41) is 8.68. The molecular weight excluding hydrogens is 570 g/mol. The molecule has 1 aliphatic heterocycles. The van der Waals surface area contributed by atoms with Crippen molar-refractivity contribution < 1.29 is 48.0 Å². The summed E-state index contributed by atoms with van der Waals surface area (Å²) in [7, 11) is 0. The number of hydrogen-bond acceptors (Lipinski definition) is 10. The van der Waals surface area contributed by atoms with Crippen molar-refractivity contribution in [2.24, 2.45) is 5.92 Å². The second-order valence-electron chi connectivity index (χ2n) is 10.2. The molecule has 3 rings (SSSR count). The Morgan fingerprint density at radius 2 is 1.57 bits per heavy atom. The third-order valence-electron chi connectivity index (χ3n) is 6.94. The van der Waals surface area contributed by atoms with Gasteiger partial charge in [0.1, 0.15) is 6.10 Å². The fourth-order valence-electron chi connectivity index (χ4n) is 4.82. The summed E-state index contributed by atoms with van der Waals surface area (Å²) in [6, 6.07) is 17.1. The largest absolute Gasteiger partial charge is 0.453 e. The molecular formula is C33H39NO10. The number of ketones is 2. The SMILES string of the molecule is CC(=O)O[C@H](C(=O)C=CC(=O)CCCOCCOCCO)[C@H](Cc1ccccc1)C(=O)N1C(=O)O[C@H](c2ccccc2)[C@@H]1C. The number of rotatable bonds is 18. The second-order valence-corrected chi connectivity index (χ2v) is 10.2. The van der Waals surface area contributed by atoms with Crippen LogP contribution in [0.2, 0.25) is 0 Å². The zero-order valence-corrected chi connectivity index (χ0v) is 25.0. The lowest BCUT2D eigenvalue weighted by molar-refractivity contribution is -0.158. The van der Waals surface area contributed by atoms with E-state index < -0.39 is 47.9 Å². The topological polar surface area (TPSA) is 146 Å². The molecule has 2 aromatic carbocycles. The lowest BCUT2D eigenvalue weighted by Crippen LogP contribution is -2.48. The highest BCUT2D eigenvalue weighted by Gasteiger charge is 2.48. The predicted octanol–water partition coefficient (Wildman–Crippen LogP) is 3.39. The van der Waals surface area contributed by atoms with Crippen molar-refractivity contribution in [3.8, 4) is 0 Å². The first kappa shape index (κ1) is 34.3. The zero-order valence-electron chi connectivity index (χ0n) is 25.0. The molecule has 4 atom stereocenters. The molecule has 1 aliphatic rings. The van der Waals surface area contributed by atoms with Crippen molar-refractivity contribution in [1.29, 1.82) is 0 Å². The lowest BCUT2D eigenvalue weighted by atomic mass is 9.89. The fraction of sp³-hybridized carbons (Fsp3) is 0.424. The number of esters is 1. The number of carbonyl (C=O) groups is 5. The molecule has 1 saturated heterocycles. The van der Waals surface area contributed by atoms with Crippen LogP contribution in [0.25, 0.3) is 0 Å². The smallest absolute Gasteiger partial charge is 0.417 e. The van der Waals surface area contributed by atoms with Crippen LogP contribution in [-0.2, 0) is 44.5 Å². The summed E-state index contributed by atoms with van der Waals surface area (Å²) in [6.45, 7) is 3.88. The Bertz CT molecular complexity index is 1280. The van der Waals surface area contributed by atoms with Crippen LogP contribution in [0, 0.1) is 5.92 Å². The number of aliphatic hydroxyl groups is 1. The maximum Gasteiger partial charge on any atom is 0.417 e. The van der Waals surface area contributed by atoms with E-state index in [0.29, 0.717) is 37.4 Å². The highest BCUT2D eigenvalue weighted by Crippen LogP contribution is 2.34. The molecule has 0 radical (unpaired) electrons. The zero-order chi connectivity index (χ0) is 31.9. The Balaban J connectivity index is 1.76. The van der Waals surface area contributed by atoms with Gasteiger partial charge >= 0.3 is 12.1 Å². The van der Waals surface area contributed by atoms with Gasteiger partial charge in [-0.05, 0) is 43.0 Å². The van der Waals surface area contributed by atoms with E-state index in [9.17, 15) is 24.0 Å². The molecule has 1 fully saturated rings. The molecule has 11 nitrogen and oxygen atoms in total. The molecule has 2 aromatic rings. The second kappa shape index (κ2) is 17.8. The fourth-order valence-corrected chi connectivity index (χ4v) is 4.82. The maximum absolute atomic E-state index is 14.1. The number of aliphatic hydroxyl groups excluding tert-OH is 1. The number of amides is 2. The minimum absolute atomic E-state index is 0.0169. The number of imide groups is 1. The number of cyclic esters (lactones) is 1. The van der Waals surface area contributed by atoms with E-state index in [0.717, 1.165) is 24.0 Å². The van der Waals surface area contributed by atoms with Gasteiger partial charge in [0.05, 0.1) is 38.4 Å². The Hall–Kier alpha value is -4.19. The summed E-state index contributed by atoms with van der Waals surface area (Å²) in [4.78, 5) is 66.0. The molecule has 44 heavy (non-hydrogen) atoms. The van der Waals surface area contributed by atoms with E-state index in [4.69, 9.17) is 24.1 Å². The summed E-state index contributed by atoms with van der Waals surface area (Å²) >= 11 is 0. The quantitative estimate of drug-likeness (QED) is 0.152. The molecule has 0 aromatic heterocycles. The molecule has 0 unspecified atom stereocenters. The summed E-state index contributed by atoms with van der Waals surface area (Å²) in [6.07, 6.45) is -0.603. The van der Waals surface area contributed by atoms with E-state index in [1.807, 2.05) is 6.07 Å². The molecule has 0 saturated carbocycles. The first-order valence-corrected chi connectivity index (χ1v) is 14.5. The third-order valence-corrected chi connectivity index (χ3v) is 6.94. The van der Waals surface area contributed by atoms with Gasteiger partial charge in [0, 0.05) is 20.0 Å². The van der Waals surface area contributed by atoms with Gasteiger partial charge in [0.2, 0.25) is 5.91 Å². The molecule has 0 aliphatic carbocycles. The Morgan fingerprint density at radius 3 is 2.20 bits per heavy atom. The Kier molecular flexibility index (Phi) is 13.9. The van der Waals surface area contributed by atoms with Gasteiger partial charge in [-0.1, -0.05) is 60.7 Å². The molecule has 2 amide bonds. The van der Waals surface area contributed by atoms with E-state index in [-0.39, 0.29) is 31.8 Å². The molecule has 1 N–H and O–H groups in total. The average Bonchev–Trinajstić information content (AvgIpc) is 3.32. The van der Waals surface area contributed by atoms with E-state index in [1.54, 1.807) is 61.5 Å². The summed E-state index contributed by atoms with van der Waals surface area (Å²) < 4.78 is 21.4. The van der Waals surface area contributed by atoms with Crippen molar-refractivity contribution in [1.82, 2.24) is 4.90 Å². The number of nitrogens with zero attached hydrogens (tertiary/aromatic N) is 1. The summed E-state index contributed by atoms with van der Waals surface area (Å²) in [5.41, 5.74) is 1.38. The normalized spacial score (nSPS) is 17.7. The lowest BCUT2D eigenvalue weighted by Gasteiger charge is -2.28. The Labute approximate surface area is 256 Å². The van der Waals surface area contributed by atoms with Crippen LogP contribution in [0.3, 0.4) is 0 Å². The number of hydrogen-bond donors (Lipinski definition) is 1.